The molecule has 3 aromatic rings. The summed E-state index contributed by atoms with van der Waals surface area (Å²) >= 11 is 0. The van der Waals surface area contributed by atoms with Crippen molar-refractivity contribution in [2.75, 3.05) is 18.4 Å². The predicted molar refractivity (Wildman–Crippen MR) is 111 cm³/mol. The number of sulfonamides is 1. The summed E-state index contributed by atoms with van der Waals surface area (Å²) in [6.45, 7) is 0.391. The normalized spacial score (nSPS) is 11.1. The van der Waals surface area contributed by atoms with Crippen molar-refractivity contribution in [3.8, 4) is 0 Å². The minimum absolute atomic E-state index is 0.00809. The number of hydrogen-bond acceptors (Lipinski definition) is 3. The van der Waals surface area contributed by atoms with Crippen molar-refractivity contribution in [1.82, 2.24) is 4.90 Å². The number of benzene rings is 3. The monoisotopic (exact) mass is 394 g/mol. The Kier molecular flexibility index (Phi) is 5.80. The van der Waals surface area contributed by atoms with Crippen LogP contribution in [0, 0.1) is 0 Å². The van der Waals surface area contributed by atoms with E-state index in [4.69, 9.17) is 0 Å². The largest absolute Gasteiger partial charge is 0.337 e. The first-order valence-electron chi connectivity index (χ1n) is 8.83. The summed E-state index contributed by atoms with van der Waals surface area (Å²) in [6, 6.07) is 24.7. The highest BCUT2D eigenvalue weighted by atomic mass is 32.2. The summed E-state index contributed by atoms with van der Waals surface area (Å²) in [5, 5.41) is 0. The van der Waals surface area contributed by atoms with Gasteiger partial charge in [-0.2, -0.15) is 0 Å². The molecule has 0 atom stereocenters. The summed E-state index contributed by atoms with van der Waals surface area (Å²) < 4.78 is 27.6. The van der Waals surface area contributed by atoms with E-state index in [0.29, 0.717) is 12.2 Å². The molecular weight excluding hydrogens is 372 g/mol. The van der Waals surface area contributed by atoms with Gasteiger partial charge in [0.2, 0.25) is 0 Å². The Bertz CT molecular complexity index is 1050. The van der Waals surface area contributed by atoms with Crippen LogP contribution < -0.4 is 4.31 Å². The van der Waals surface area contributed by atoms with E-state index in [0.717, 1.165) is 5.56 Å². The highest BCUT2D eigenvalue weighted by Crippen LogP contribution is 2.25. The van der Waals surface area contributed by atoms with Crippen molar-refractivity contribution in [2.45, 2.75) is 11.4 Å². The third kappa shape index (κ3) is 4.07. The van der Waals surface area contributed by atoms with E-state index in [1.807, 2.05) is 36.4 Å². The summed E-state index contributed by atoms with van der Waals surface area (Å²) in [7, 11) is -0.736. The van der Waals surface area contributed by atoms with Gasteiger partial charge in [0.25, 0.3) is 15.9 Å². The summed E-state index contributed by atoms with van der Waals surface area (Å²) in [6.07, 6.45) is 0. The molecule has 0 bridgehead atoms. The quantitative estimate of drug-likeness (QED) is 0.639. The maximum atomic E-state index is 13.2. The number of carbonyl (C=O) groups excluding carboxylic acids is 1. The van der Waals surface area contributed by atoms with Crippen molar-refractivity contribution in [3.63, 3.8) is 0 Å². The molecule has 0 saturated heterocycles. The lowest BCUT2D eigenvalue weighted by Gasteiger charge is -2.23. The van der Waals surface area contributed by atoms with Gasteiger partial charge >= 0.3 is 0 Å². The van der Waals surface area contributed by atoms with Gasteiger partial charge < -0.3 is 4.90 Å². The average Bonchev–Trinajstić information content (AvgIpc) is 2.74. The van der Waals surface area contributed by atoms with Crippen molar-refractivity contribution in [3.05, 3.63) is 96.1 Å². The van der Waals surface area contributed by atoms with E-state index in [1.54, 1.807) is 49.5 Å². The number of amides is 1. The van der Waals surface area contributed by atoms with Crippen LogP contribution in [0.2, 0.25) is 0 Å². The fourth-order valence-electron chi connectivity index (χ4n) is 2.93. The molecule has 0 aromatic heterocycles. The molecule has 1 amide bonds. The van der Waals surface area contributed by atoms with Gasteiger partial charge in [-0.15, -0.1) is 0 Å². The molecule has 0 aliphatic rings. The van der Waals surface area contributed by atoms with Crippen LogP contribution >= 0.6 is 0 Å². The van der Waals surface area contributed by atoms with Crippen LogP contribution in [0.4, 0.5) is 5.69 Å². The average molecular weight is 394 g/mol. The van der Waals surface area contributed by atoms with Crippen LogP contribution in [0.3, 0.4) is 0 Å². The van der Waals surface area contributed by atoms with Gasteiger partial charge in [-0.05, 0) is 29.8 Å². The van der Waals surface area contributed by atoms with Gasteiger partial charge in [0.15, 0.2) is 0 Å². The molecule has 6 heteroatoms. The number of anilines is 1. The molecule has 3 rings (SSSR count). The van der Waals surface area contributed by atoms with Crippen molar-refractivity contribution in [1.29, 1.82) is 0 Å². The third-order valence-electron chi connectivity index (χ3n) is 4.48. The minimum atomic E-state index is -3.89. The van der Waals surface area contributed by atoms with E-state index in [1.165, 1.54) is 22.3 Å². The van der Waals surface area contributed by atoms with Crippen LogP contribution in [0.15, 0.2) is 89.8 Å². The molecular formula is C22H22N2O3S. The van der Waals surface area contributed by atoms with Gasteiger partial charge in [0.05, 0.1) is 11.3 Å². The summed E-state index contributed by atoms with van der Waals surface area (Å²) in [4.78, 5) is 14.5. The van der Waals surface area contributed by atoms with Crippen LogP contribution in [-0.4, -0.2) is 33.3 Å². The van der Waals surface area contributed by atoms with Gasteiger partial charge in [-0.3, -0.25) is 9.10 Å². The molecule has 0 spiro atoms. The van der Waals surface area contributed by atoms with Crippen molar-refractivity contribution < 1.29 is 13.2 Å². The van der Waals surface area contributed by atoms with Crippen LogP contribution in [-0.2, 0) is 16.6 Å². The number of carbonyl (C=O) groups is 1. The molecule has 5 nitrogen and oxygen atoms in total. The summed E-state index contributed by atoms with van der Waals surface area (Å²) in [5.41, 5.74) is 1.66. The smallest absolute Gasteiger partial charge is 0.264 e. The number of nitrogens with zero attached hydrogens (tertiary/aromatic N) is 2. The standard InChI is InChI=1S/C22H22N2O3S/c1-23(17-18-11-5-3-6-12-18)22(25)20-15-9-10-16-21(20)28(26,27)24(2)19-13-7-4-8-14-19/h3-16H,17H2,1-2H3. The molecule has 0 unspecified atom stereocenters. The van der Waals surface area contributed by atoms with Crippen LogP contribution in [0.1, 0.15) is 15.9 Å². The SMILES string of the molecule is CN(Cc1ccccc1)C(=O)c1ccccc1S(=O)(=O)N(C)c1ccccc1. The Morgan fingerprint density at radius 3 is 1.96 bits per heavy atom. The van der Waals surface area contributed by atoms with Gasteiger partial charge in [0.1, 0.15) is 4.90 Å². The maximum Gasteiger partial charge on any atom is 0.264 e. The molecule has 3 aromatic carbocycles. The number of rotatable bonds is 6. The lowest BCUT2D eigenvalue weighted by Crippen LogP contribution is -2.31. The van der Waals surface area contributed by atoms with Gasteiger partial charge in [-0.1, -0.05) is 60.7 Å². The van der Waals surface area contributed by atoms with E-state index in [9.17, 15) is 13.2 Å². The first-order valence-corrected chi connectivity index (χ1v) is 10.3. The Morgan fingerprint density at radius 2 is 1.32 bits per heavy atom. The predicted octanol–water partition coefficient (Wildman–Crippen LogP) is 3.78. The fourth-order valence-corrected chi connectivity index (χ4v) is 4.31. The molecule has 28 heavy (non-hydrogen) atoms. The number of hydrogen-bond donors (Lipinski definition) is 0. The first kappa shape index (κ1) is 19.6. The molecule has 0 heterocycles. The molecule has 0 saturated carbocycles. The summed E-state index contributed by atoms with van der Waals surface area (Å²) in [5.74, 6) is -0.343. The molecule has 0 N–H and O–H groups in total. The first-order chi connectivity index (χ1) is 13.4. The molecule has 0 radical (unpaired) electrons. The lowest BCUT2D eigenvalue weighted by atomic mass is 10.1. The Balaban J connectivity index is 1.93. The zero-order chi connectivity index (χ0) is 20.1. The van der Waals surface area contributed by atoms with Gasteiger partial charge in [0, 0.05) is 20.6 Å². The Labute approximate surface area is 165 Å². The topological polar surface area (TPSA) is 57.7 Å². The van der Waals surface area contributed by atoms with Crippen molar-refractivity contribution in [2.24, 2.45) is 0 Å². The van der Waals surface area contributed by atoms with E-state index >= 15 is 0 Å². The molecule has 0 aliphatic heterocycles. The zero-order valence-electron chi connectivity index (χ0n) is 15.8. The second-order valence-corrected chi connectivity index (χ2v) is 8.39. The number of para-hydroxylation sites is 1. The maximum absolute atomic E-state index is 13.2. The van der Waals surface area contributed by atoms with Crippen LogP contribution in [0.5, 0.6) is 0 Å². The lowest BCUT2D eigenvalue weighted by molar-refractivity contribution is 0.0781. The van der Waals surface area contributed by atoms with Gasteiger partial charge in [-0.25, -0.2) is 8.42 Å². The highest BCUT2D eigenvalue weighted by Gasteiger charge is 2.28. The third-order valence-corrected chi connectivity index (χ3v) is 6.33. The highest BCUT2D eigenvalue weighted by molar-refractivity contribution is 7.92. The van der Waals surface area contributed by atoms with Crippen molar-refractivity contribution >= 4 is 21.6 Å². The van der Waals surface area contributed by atoms with E-state index in [2.05, 4.69) is 0 Å². The molecule has 0 aliphatic carbocycles. The minimum Gasteiger partial charge on any atom is -0.337 e. The second kappa shape index (κ2) is 8.27. The molecule has 144 valence electrons. The Hall–Kier alpha value is -3.12. The molecule has 0 fully saturated rings. The fraction of sp³-hybridized carbons (Fsp3) is 0.136. The van der Waals surface area contributed by atoms with Crippen LogP contribution in [0.25, 0.3) is 0 Å². The Morgan fingerprint density at radius 1 is 0.786 bits per heavy atom. The zero-order valence-corrected chi connectivity index (χ0v) is 16.6. The van der Waals surface area contributed by atoms with E-state index < -0.39 is 10.0 Å². The van der Waals surface area contributed by atoms with E-state index in [-0.39, 0.29) is 16.4 Å². The second-order valence-electron chi connectivity index (χ2n) is 6.45.